The zero-order chi connectivity index (χ0) is 15.6. The first-order valence-corrected chi connectivity index (χ1v) is 5.94. The summed E-state index contributed by atoms with van der Waals surface area (Å²) in [6, 6.07) is 4.27. The number of phenolic OH excluding ortho intramolecular Hbond substituents is 1. The van der Waals surface area contributed by atoms with E-state index in [4.69, 9.17) is 11.6 Å². The number of hydrogen-bond acceptors (Lipinski definition) is 5. The number of nitrogens with zero attached hydrogens (tertiary/aromatic N) is 1. The number of rotatable bonds is 3. The Hall–Kier alpha value is -2.87. The minimum Gasteiger partial charge on any atom is -0.506 e. The average molecular weight is 310 g/mol. The van der Waals surface area contributed by atoms with Crippen LogP contribution in [0.5, 0.6) is 5.75 Å². The van der Waals surface area contributed by atoms with Crippen LogP contribution in [0.3, 0.4) is 0 Å². The number of phenols is 1. The Morgan fingerprint density at radius 2 is 1.95 bits per heavy atom. The van der Waals surface area contributed by atoms with Gasteiger partial charge in [0.1, 0.15) is 11.4 Å². The maximum atomic E-state index is 11.4. The maximum absolute atomic E-state index is 11.4. The van der Waals surface area contributed by atoms with Crippen LogP contribution in [0.25, 0.3) is 12.2 Å². The standard InChI is InChI=1S/C12H8ClN3O5/c13-7-5-6(2-4-9(7)17)1-3-8-10(16(20)21)11(18)15-12(19)14-8/h1-5,17H,(H2,14,15,18,19). The molecule has 1 aromatic carbocycles. The van der Waals surface area contributed by atoms with Crippen molar-refractivity contribution in [1.29, 1.82) is 0 Å². The van der Waals surface area contributed by atoms with Crippen LogP contribution in [-0.4, -0.2) is 20.0 Å². The molecule has 0 aliphatic carbocycles. The van der Waals surface area contributed by atoms with Crippen molar-refractivity contribution in [2.45, 2.75) is 0 Å². The van der Waals surface area contributed by atoms with Crippen LogP contribution < -0.4 is 11.2 Å². The van der Waals surface area contributed by atoms with Crippen LogP contribution in [0.2, 0.25) is 5.02 Å². The molecule has 8 nitrogen and oxygen atoms in total. The molecule has 0 amide bonds. The molecule has 0 saturated carbocycles. The number of benzene rings is 1. The van der Waals surface area contributed by atoms with Gasteiger partial charge in [-0.25, -0.2) is 4.79 Å². The van der Waals surface area contributed by atoms with Gasteiger partial charge >= 0.3 is 16.9 Å². The van der Waals surface area contributed by atoms with E-state index in [0.29, 0.717) is 5.56 Å². The number of nitrogens with one attached hydrogen (secondary N) is 2. The van der Waals surface area contributed by atoms with Gasteiger partial charge in [-0.05, 0) is 23.8 Å². The molecule has 0 atom stereocenters. The fourth-order valence-electron chi connectivity index (χ4n) is 1.61. The zero-order valence-corrected chi connectivity index (χ0v) is 11.0. The number of hydrogen-bond donors (Lipinski definition) is 3. The van der Waals surface area contributed by atoms with Gasteiger partial charge in [0.15, 0.2) is 0 Å². The van der Waals surface area contributed by atoms with E-state index in [-0.39, 0.29) is 16.5 Å². The highest BCUT2D eigenvalue weighted by Gasteiger charge is 2.18. The summed E-state index contributed by atoms with van der Waals surface area (Å²) in [7, 11) is 0. The predicted octanol–water partition coefficient (Wildman–Crippen LogP) is 1.50. The van der Waals surface area contributed by atoms with E-state index < -0.39 is 21.9 Å². The summed E-state index contributed by atoms with van der Waals surface area (Å²) in [6.45, 7) is 0. The summed E-state index contributed by atoms with van der Waals surface area (Å²) in [4.78, 5) is 36.5. The van der Waals surface area contributed by atoms with Crippen molar-refractivity contribution in [3.8, 4) is 5.75 Å². The van der Waals surface area contributed by atoms with Crippen molar-refractivity contribution in [3.63, 3.8) is 0 Å². The van der Waals surface area contributed by atoms with Crippen molar-refractivity contribution in [2.24, 2.45) is 0 Å². The maximum Gasteiger partial charge on any atom is 0.357 e. The van der Waals surface area contributed by atoms with Crippen molar-refractivity contribution >= 4 is 29.4 Å². The first-order chi connectivity index (χ1) is 9.88. The van der Waals surface area contributed by atoms with Crippen LogP contribution in [0.15, 0.2) is 27.8 Å². The van der Waals surface area contributed by atoms with Gasteiger partial charge in [0, 0.05) is 0 Å². The van der Waals surface area contributed by atoms with Crippen LogP contribution in [0.1, 0.15) is 11.3 Å². The van der Waals surface area contributed by atoms with Crippen molar-refractivity contribution < 1.29 is 10.0 Å². The molecule has 0 radical (unpaired) electrons. The van der Waals surface area contributed by atoms with E-state index in [1.807, 2.05) is 0 Å². The Kier molecular flexibility index (Phi) is 3.90. The second-order valence-corrected chi connectivity index (χ2v) is 4.38. The smallest absolute Gasteiger partial charge is 0.357 e. The van der Waals surface area contributed by atoms with E-state index in [0.717, 1.165) is 0 Å². The number of halogens is 1. The monoisotopic (exact) mass is 309 g/mol. The van der Waals surface area contributed by atoms with E-state index in [1.54, 1.807) is 4.98 Å². The zero-order valence-electron chi connectivity index (χ0n) is 10.3. The number of H-pyrrole nitrogens is 2. The molecule has 0 spiro atoms. The van der Waals surface area contributed by atoms with Gasteiger partial charge < -0.3 is 10.1 Å². The van der Waals surface area contributed by atoms with Crippen LogP contribution in [0, 0.1) is 10.1 Å². The highest BCUT2D eigenvalue weighted by atomic mass is 35.5. The molecule has 0 fully saturated rings. The average Bonchev–Trinajstić information content (AvgIpc) is 2.38. The predicted molar refractivity (Wildman–Crippen MR) is 76.4 cm³/mol. The van der Waals surface area contributed by atoms with Gasteiger partial charge in [-0.1, -0.05) is 23.7 Å². The lowest BCUT2D eigenvalue weighted by atomic mass is 10.2. The van der Waals surface area contributed by atoms with Crippen molar-refractivity contribution in [3.05, 3.63) is 65.4 Å². The van der Waals surface area contributed by atoms with Crippen LogP contribution in [-0.2, 0) is 0 Å². The summed E-state index contributed by atoms with van der Waals surface area (Å²) in [5, 5.41) is 20.2. The molecule has 0 unspecified atom stereocenters. The number of aromatic nitrogens is 2. The third kappa shape index (κ3) is 3.18. The van der Waals surface area contributed by atoms with E-state index in [1.165, 1.54) is 30.4 Å². The molecule has 0 saturated heterocycles. The normalized spacial score (nSPS) is 10.9. The summed E-state index contributed by atoms with van der Waals surface area (Å²) >= 11 is 5.72. The number of aromatic hydroxyl groups is 1. The first kappa shape index (κ1) is 14.5. The lowest BCUT2D eigenvalue weighted by Gasteiger charge is -1.99. The number of nitro groups is 1. The molecular formula is C12H8ClN3O5. The van der Waals surface area contributed by atoms with Gasteiger partial charge in [-0.15, -0.1) is 0 Å². The van der Waals surface area contributed by atoms with Gasteiger partial charge in [0.2, 0.25) is 0 Å². The number of aromatic amines is 2. The fraction of sp³-hybridized carbons (Fsp3) is 0. The third-order valence-corrected chi connectivity index (χ3v) is 2.84. The van der Waals surface area contributed by atoms with E-state index in [9.17, 15) is 24.8 Å². The highest BCUT2D eigenvalue weighted by Crippen LogP contribution is 2.24. The molecule has 0 aliphatic rings. The molecule has 2 rings (SSSR count). The molecular weight excluding hydrogens is 302 g/mol. The van der Waals surface area contributed by atoms with Gasteiger partial charge in [-0.2, -0.15) is 0 Å². The lowest BCUT2D eigenvalue weighted by Crippen LogP contribution is -2.25. The minimum absolute atomic E-state index is 0.103. The molecule has 3 N–H and O–H groups in total. The van der Waals surface area contributed by atoms with Gasteiger partial charge in [-0.3, -0.25) is 19.9 Å². The molecule has 1 heterocycles. The molecule has 1 aromatic heterocycles. The summed E-state index contributed by atoms with van der Waals surface area (Å²) in [5.74, 6) is -0.107. The van der Waals surface area contributed by atoms with Gasteiger partial charge in [0.25, 0.3) is 0 Å². The van der Waals surface area contributed by atoms with E-state index >= 15 is 0 Å². The Balaban J connectivity index is 2.50. The minimum atomic E-state index is -1.09. The first-order valence-electron chi connectivity index (χ1n) is 5.56. The molecule has 0 aliphatic heterocycles. The fourth-order valence-corrected chi connectivity index (χ4v) is 1.79. The summed E-state index contributed by atoms with van der Waals surface area (Å²) < 4.78 is 0. The molecule has 2 aromatic rings. The van der Waals surface area contributed by atoms with Crippen molar-refractivity contribution in [2.75, 3.05) is 0 Å². The summed E-state index contributed by atoms with van der Waals surface area (Å²) in [5.41, 5.74) is -2.43. The van der Waals surface area contributed by atoms with Crippen LogP contribution in [0.4, 0.5) is 5.69 Å². The summed E-state index contributed by atoms with van der Waals surface area (Å²) in [6.07, 6.45) is 2.61. The Morgan fingerprint density at radius 3 is 2.57 bits per heavy atom. The molecule has 21 heavy (non-hydrogen) atoms. The van der Waals surface area contributed by atoms with Crippen molar-refractivity contribution in [1.82, 2.24) is 9.97 Å². The largest absolute Gasteiger partial charge is 0.506 e. The van der Waals surface area contributed by atoms with Crippen LogP contribution >= 0.6 is 11.6 Å². The molecule has 108 valence electrons. The third-order valence-electron chi connectivity index (χ3n) is 2.54. The second-order valence-electron chi connectivity index (χ2n) is 3.97. The SMILES string of the molecule is O=c1[nH]c(C=Cc2ccc(O)c(Cl)c2)c([N+](=O)[O-])c(=O)[nH]1. The Morgan fingerprint density at radius 1 is 1.24 bits per heavy atom. The topological polar surface area (TPSA) is 129 Å². The Bertz CT molecular complexity index is 853. The van der Waals surface area contributed by atoms with E-state index in [2.05, 4.69) is 4.98 Å². The second kappa shape index (κ2) is 5.63. The van der Waals surface area contributed by atoms with Gasteiger partial charge in [0.05, 0.1) is 9.95 Å². The Labute approximate surface area is 121 Å². The lowest BCUT2D eigenvalue weighted by molar-refractivity contribution is -0.386. The molecule has 0 bridgehead atoms. The highest BCUT2D eigenvalue weighted by molar-refractivity contribution is 6.32. The molecule has 9 heteroatoms. The quantitative estimate of drug-likeness (QED) is 0.584.